The van der Waals surface area contributed by atoms with Crippen molar-refractivity contribution in [1.82, 2.24) is 5.23 Å². The Bertz CT molecular complexity index is 490. The Hall–Kier alpha value is -1.44. The quantitative estimate of drug-likeness (QED) is 0.576. The van der Waals surface area contributed by atoms with Crippen LogP contribution in [0.25, 0.3) is 0 Å². The molecule has 0 radical (unpaired) electrons. The predicted molar refractivity (Wildman–Crippen MR) is 75.1 cm³/mol. The molecule has 1 saturated carbocycles. The SMILES string of the molecule is CC(CC(=O)C1C(=O)C(C)(C)C(=O)C(C)(C)C1=O)CN(O)O. The van der Waals surface area contributed by atoms with Crippen molar-refractivity contribution < 1.29 is 29.6 Å². The first-order chi connectivity index (χ1) is 9.83. The predicted octanol–water partition coefficient (Wildman–Crippen LogP) is 1.05. The van der Waals surface area contributed by atoms with Gasteiger partial charge in [0, 0.05) is 6.42 Å². The molecule has 0 spiro atoms. The first-order valence-corrected chi connectivity index (χ1v) is 7.15. The fourth-order valence-electron chi connectivity index (χ4n) is 2.94. The zero-order valence-electron chi connectivity index (χ0n) is 13.5. The highest BCUT2D eigenvalue weighted by molar-refractivity contribution is 6.35. The van der Waals surface area contributed by atoms with Gasteiger partial charge in [0.25, 0.3) is 0 Å². The summed E-state index contributed by atoms with van der Waals surface area (Å²) in [5.41, 5.74) is -2.78. The first-order valence-electron chi connectivity index (χ1n) is 7.15. The van der Waals surface area contributed by atoms with Gasteiger partial charge in [0.05, 0.1) is 17.4 Å². The van der Waals surface area contributed by atoms with Crippen LogP contribution in [0.15, 0.2) is 0 Å². The second-order valence-corrected chi connectivity index (χ2v) is 7.07. The molecule has 124 valence electrons. The Balaban J connectivity index is 3.07. The third-order valence-electron chi connectivity index (χ3n) is 4.24. The average molecular weight is 313 g/mol. The molecule has 0 heterocycles. The monoisotopic (exact) mass is 313 g/mol. The molecule has 22 heavy (non-hydrogen) atoms. The number of rotatable bonds is 5. The number of Topliss-reactive ketones (excluding diaryl/α,β-unsaturated/α-hetero) is 4. The second-order valence-electron chi connectivity index (χ2n) is 7.07. The van der Waals surface area contributed by atoms with Crippen LogP contribution in [0.1, 0.15) is 41.0 Å². The van der Waals surface area contributed by atoms with E-state index in [1.807, 2.05) is 0 Å². The van der Waals surface area contributed by atoms with Gasteiger partial charge >= 0.3 is 0 Å². The molecule has 1 unspecified atom stereocenters. The van der Waals surface area contributed by atoms with E-state index in [2.05, 4.69) is 0 Å². The van der Waals surface area contributed by atoms with Gasteiger partial charge in [0.2, 0.25) is 0 Å². The van der Waals surface area contributed by atoms with E-state index in [4.69, 9.17) is 10.4 Å². The summed E-state index contributed by atoms with van der Waals surface area (Å²) in [6, 6.07) is 0. The highest BCUT2D eigenvalue weighted by Gasteiger charge is 2.59. The third kappa shape index (κ3) is 3.16. The number of ketones is 4. The zero-order chi connectivity index (χ0) is 17.5. The van der Waals surface area contributed by atoms with E-state index in [1.54, 1.807) is 6.92 Å². The molecule has 0 aliphatic heterocycles. The molecule has 7 nitrogen and oxygen atoms in total. The Morgan fingerprint density at radius 1 is 1.09 bits per heavy atom. The molecule has 0 aromatic carbocycles. The lowest BCUT2D eigenvalue weighted by atomic mass is 9.57. The van der Waals surface area contributed by atoms with Gasteiger partial charge in [-0.1, -0.05) is 12.2 Å². The molecule has 2 N–H and O–H groups in total. The zero-order valence-corrected chi connectivity index (χ0v) is 13.5. The summed E-state index contributed by atoms with van der Waals surface area (Å²) in [4.78, 5) is 49.5. The smallest absolute Gasteiger partial charge is 0.163 e. The van der Waals surface area contributed by atoms with E-state index < -0.39 is 45.8 Å². The summed E-state index contributed by atoms with van der Waals surface area (Å²) in [5, 5.41) is 17.5. The van der Waals surface area contributed by atoms with Crippen molar-refractivity contribution in [2.45, 2.75) is 41.0 Å². The van der Waals surface area contributed by atoms with Crippen LogP contribution < -0.4 is 0 Å². The van der Waals surface area contributed by atoms with Crippen LogP contribution in [0.4, 0.5) is 0 Å². The topological polar surface area (TPSA) is 112 Å². The van der Waals surface area contributed by atoms with Crippen LogP contribution in [0, 0.1) is 22.7 Å². The molecule has 0 aromatic rings. The molecule has 1 aliphatic rings. The number of carbonyl (C=O) groups excluding carboxylic acids is 4. The third-order valence-corrected chi connectivity index (χ3v) is 4.24. The Kier molecular flexibility index (Phi) is 5.06. The molecule has 1 fully saturated rings. The van der Waals surface area contributed by atoms with Crippen molar-refractivity contribution in [3.05, 3.63) is 0 Å². The summed E-state index contributed by atoms with van der Waals surface area (Å²) in [6.07, 6.45) is -0.153. The van der Waals surface area contributed by atoms with E-state index in [0.717, 1.165) is 0 Å². The standard InChI is InChI=1S/C15H23NO6/c1-8(7-16(21)22)6-9(17)10-11(18)14(2,3)13(20)15(4,5)12(10)19/h8,10,21-22H,6-7H2,1-5H3. The largest absolute Gasteiger partial charge is 0.298 e. The lowest BCUT2D eigenvalue weighted by Crippen LogP contribution is -2.59. The van der Waals surface area contributed by atoms with E-state index in [9.17, 15) is 19.2 Å². The number of hydrogen-bond donors (Lipinski definition) is 2. The summed E-state index contributed by atoms with van der Waals surface area (Å²) < 4.78 is 0. The first kappa shape index (κ1) is 18.6. The fraction of sp³-hybridized carbons (Fsp3) is 0.733. The van der Waals surface area contributed by atoms with Crippen molar-refractivity contribution >= 4 is 23.1 Å². The number of hydrogen-bond acceptors (Lipinski definition) is 7. The lowest BCUT2D eigenvalue weighted by molar-refractivity contribution is -0.311. The molecule has 0 amide bonds. The minimum atomic E-state index is -1.46. The Labute approximate surface area is 129 Å². The fourth-order valence-corrected chi connectivity index (χ4v) is 2.94. The molecular formula is C15H23NO6. The van der Waals surface area contributed by atoms with Crippen LogP contribution in [0.2, 0.25) is 0 Å². The Morgan fingerprint density at radius 3 is 1.86 bits per heavy atom. The van der Waals surface area contributed by atoms with Gasteiger partial charge in [-0.2, -0.15) is 0 Å². The molecule has 1 rings (SSSR count). The van der Waals surface area contributed by atoms with Crippen LogP contribution in [0.3, 0.4) is 0 Å². The van der Waals surface area contributed by atoms with E-state index in [-0.39, 0.29) is 18.2 Å². The molecule has 1 atom stereocenters. The summed E-state index contributed by atoms with van der Waals surface area (Å²) >= 11 is 0. The van der Waals surface area contributed by atoms with E-state index in [0.29, 0.717) is 0 Å². The minimum absolute atomic E-state index is 0.0418. The Morgan fingerprint density at radius 2 is 1.50 bits per heavy atom. The maximum Gasteiger partial charge on any atom is 0.163 e. The highest BCUT2D eigenvalue weighted by Crippen LogP contribution is 2.41. The van der Waals surface area contributed by atoms with Gasteiger partial charge in [-0.3, -0.25) is 29.6 Å². The van der Waals surface area contributed by atoms with Gasteiger partial charge in [0.1, 0.15) is 5.92 Å². The maximum absolute atomic E-state index is 12.4. The van der Waals surface area contributed by atoms with Crippen LogP contribution in [0.5, 0.6) is 0 Å². The summed E-state index contributed by atoms with van der Waals surface area (Å²) in [7, 11) is 0. The van der Waals surface area contributed by atoms with Crippen molar-refractivity contribution in [3.8, 4) is 0 Å². The van der Waals surface area contributed by atoms with Crippen LogP contribution in [-0.4, -0.2) is 45.3 Å². The minimum Gasteiger partial charge on any atom is -0.298 e. The van der Waals surface area contributed by atoms with Gasteiger partial charge in [-0.15, -0.1) is 0 Å². The van der Waals surface area contributed by atoms with Gasteiger partial charge in [-0.25, -0.2) is 0 Å². The van der Waals surface area contributed by atoms with Crippen molar-refractivity contribution in [2.75, 3.05) is 6.54 Å². The van der Waals surface area contributed by atoms with Gasteiger partial charge in [0.15, 0.2) is 23.1 Å². The summed E-state index contributed by atoms with van der Waals surface area (Å²) in [6.45, 7) is 7.12. The second kappa shape index (κ2) is 5.98. The molecular weight excluding hydrogens is 290 g/mol. The van der Waals surface area contributed by atoms with Gasteiger partial charge < -0.3 is 0 Å². The number of hydroxylamine groups is 2. The lowest BCUT2D eigenvalue weighted by Gasteiger charge is -2.40. The normalized spacial score (nSPS) is 23.0. The van der Waals surface area contributed by atoms with Gasteiger partial charge in [-0.05, 0) is 33.6 Å². The maximum atomic E-state index is 12.4. The van der Waals surface area contributed by atoms with Crippen molar-refractivity contribution in [2.24, 2.45) is 22.7 Å². The van der Waals surface area contributed by atoms with Crippen LogP contribution >= 0.6 is 0 Å². The molecule has 0 aromatic heterocycles. The summed E-state index contributed by atoms with van der Waals surface area (Å²) in [5.74, 6) is -4.34. The van der Waals surface area contributed by atoms with Crippen molar-refractivity contribution in [1.29, 1.82) is 0 Å². The van der Waals surface area contributed by atoms with E-state index in [1.165, 1.54) is 27.7 Å². The molecule has 0 saturated heterocycles. The van der Waals surface area contributed by atoms with E-state index >= 15 is 0 Å². The highest BCUT2D eigenvalue weighted by atomic mass is 16.8. The molecule has 7 heteroatoms. The van der Waals surface area contributed by atoms with Crippen molar-refractivity contribution in [3.63, 3.8) is 0 Å². The number of carbonyl (C=O) groups is 4. The number of nitrogens with zero attached hydrogens (tertiary/aromatic N) is 1. The molecule has 1 aliphatic carbocycles. The van der Waals surface area contributed by atoms with Crippen LogP contribution in [-0.2, 0) is 19.2 Å². The average Bonchev–Trinajstić information content (AvgIpc) is 2.34. The molecule has 0 bridgehead atoms.